The van der Waals surface area contributed by atoms with Crippen LogP contribution in [0.2, 0.25) is 0 Å². The van der Waals surface area contributed by atoms with E-state index in [4.69, 9.17) is 4.74 Å². The van der Waals surface area contributed by atoms with Crippen LogP contribution in [-0.2, 0) is 12.8 Å². The zero-order valence-electron chi connectivity index (χ0n) is 26.6. The Morgan fingerprint density at radius 2 is 1.28 bits per heavy atom. The molecule has 7 heteroatoms. The molecule has 1 nitrogen and oxygen atoms in total. The predicted octanol–water partition coefficient (Wildman–Crippen LogP) is 11.7. The van der Waals surface area contributed by atoms with Crippen LogP contribution >= 0.6 is 0 Å². The first-order valence-corrected chi connectivity index (χ1v) is 16.6. The number of hydrogen-bond acceptors (Lipinski definition) is 1. The number of hydrogen-bond donors (Lipinski definition) is 0. The average Bonchev–Trinajstić information content (AvgIpc) is 3.07. The van der Waals surface area contributed by atoms with Gasteiger partial charge in [0, 0.05) is 16.7 Å². The molecule has 3 aromatic rings. The van der Waals surface area contributed by atoms with Gasteiger partial charge in [0.25, 0.3) is 0 Å². The molecule has 3 aromatic carbocycles. The Labute approximate surface area is 268 Å². The summed E-state index contributed by atoms with van der Waals surface area (Å²) in [6.45, 7) is 3.84. The maximum Gasteiger partial charge on any atom is 0.201 e. The van der Waals surface area contributed by atoms with Gasteiger partial charge in [-0.25, -0.2) is 22.0 Å². The standard InChI is InChI=1S/C39H42F6O/c1-3-5-6-7-28-18-20-31(37(43)34(28)40)32-21-19-29(35(41)38(32)44)13-10-24-8-11-25(12-9-24)26-14-16-27(17-15-26)30-22-23-33(46-4-2)39(45)36(30)42/h3,5,16,18-26H,4,6-15,17H2,1-2H3/b5-3+. The van der Waals surface area contributed by atoms with Crippen LogP contribution in [0.1, 0.15) is 88.3 Å². The molecule has 46 heavy (non-hydrogen) atoms. The lowest BCUT2D eigenvalue weighted by atomic mass is 9.70. The third kappa shape index (κ3) is 7.39. The smallest absolute Gasteiger partial charge is 0.201 e. The summed E-state index contributed by atoms with van der Waals surface area (Å²) in [5.74, 6) is -4.76. The second-order valence-corrected chi connectivity index (χ2v) is 12.7. The lowest BCUT2D eigenvalue weighted by Gasteiger charge is -2.35. The summed E-state index contributed by atoms with van der Waals surface area (Å²) in [6.07, 6.45) is 14.3. The van der Waals surface area contributed by atoms with Crippen LogP contribution in [0.3, 0.4) is 0 Å². The normalized spacial score (nSPS) is 20.3. The van der Waals surface area contributed by atoms with Crippen molar-refractivity contribution in [3.05, 3.63) is 106 Å². The van der Waals surface area contributed by atoms with Gasteiger partial charge in [0.15, 0.2) is 34.8 Å². The summed E-state index contributed by atoms with van der Waals surface area (Å²) in [7, 11) is 0. The number of aryl methyl sites for hydroxylation is 2. The third-order valence-electron chi connectivity index (χ3n) is 9.95. The highest BCUT2D eigenvalue weighted by Crippen LogP contribution is 2.43. The number of allylic oxidation sites excluding steroid dienone is 4. The lowest BCUT2D eigenvalue weighted by Crippen LogP contribution is -2.23. The molecule has 0 spiro atoms. The third-order valence-corrected chi connectivity index (χ3v) is 9.95. The van der Waals surface area contributed by atoms with Gasteiger partial charge in [0.1, 0.15) is 0 Å². The minimum absolute atomic E-state index is 0.0660. The van der Waals surface area contributed by atoms with Crippen LogP contribution in [0, 0.1) is 52.7 Å². The van der Waals surface area contributed by atoms with Crippen molar-refractivity contribution in [2.45, 2.75) is 84.5 Å². The number of benzene rings is 3. The van der Waals surface area contributed by atoms with Crippen molar-refractivity contribution < 1.29 is 31.1 Å². The molecule has 5 rings (SSSR count). The van der Waals surface area contributed by atoms with Gasteiger partial charge in [-0.3, -0.25) is 0 Å². The Balaban J connectivity index is 1.14. The maximum atomic E-state index is 15.1. The van der Waals surface area contributed by atoms with Gasteiger partial charge in [-0.05, 0) is 118 Å². The number of halogens is 6. The molecule has 2 aliphatic rings. The zero-order chi connectivity index (χ0) is 32.8. The topological polar surface area (TPSA) is 9.23 Å². The van der Waals surface area contributed by atoms with E-state index in [9.17, 15) is 17.6 Å². The van der Waals surface area contributed by atoms with Gasteiger partial charge < -0.3 is 4.74 Å². The van der Waals surface area contributed by atoms with Gasteiger partial charge in [0.2, 0.25) is 5.82 Å². The van der Waals surface area contributed by atoms with Crippen molar-refractivity contribution in [1.29, 1.82) is 0 Å². The summed E-state index contributed by atoms with van der Waals surface area (Å²) >= 11 is 0. The summed E-state index contributed by atoms with van der Waals surface area (Å²) < 4.78 is 94.1. The fourth-order valence-electron chi connectivity index (χ4n) is 7.27. The van der Waals surface area contributed by atoms with E-state index in [1.165, 1.54) is 30.3 Å². The molecule has 1 atom stereocenters. The Bertz CT molecular complexity index is 1580. The Kier molecular flexibility index (Phi) is 11.3. The number of ether oxygens (including phenoxy) is 1. The van der Waals surface area contributed by atoms with Gasteiger partial charge in [-0.15, -0.1) is 0 Å². The van der Waals surface area contributed by atoms with Gasteiger partial charge in [-0.1, -0.05) is 55.3 Å². The first-order valence-electron chi connectivity index (χ1n) is 16.6. The molecular weight excluding hydrogens is 598 g/mol. The second kappa shape index (κ2) is 15.4. The minimum atomic E-state index is -1.16. The SMILES string of the molecule is C/C=C/CCc1ccc(-c2ccc(CCC3CCC(C4CC=C(c5ccc(OCC)c(F)c5F)CC4)CC3)c(F)c2F)c(F)c1F. The molecule has 0 aliphatic heterocycles. The van der Waals surface area contributed by atoms with E-state index < -0.39 is 34.9 Å². The summed E-state index contributed by atoms with van der Waals surface area (Å²) in [4.78, 5) is 0. The zero-order valence-corrected chi connectivity index (χ0v) is 26.6. The quantitative estimate of drug-likeness (QED) is 0.150. The highest BCUT2D eigenvalue weighted by atomic mass is 19.2. The summed E-state index contributed by atoms with van der Waals surface area (Å²) in [5, 5.41) is 0. The minimum Gasteiger partial charge on any atom is -0.491 e. The van der Waals surface area contributed by atoms with Crippen molar-refractivity contribution in [2.24, 2.45) is 17.8 Å². The van der Waals surface area contributed by atoms with Crippen molar-refractivity contribution in [1.82, 2.24) is 0 Å². The molecular formula is C39H42F6O. The molecule has 0 aromatic heterocycles. The molecule has 0 N–H and O–H groups in total. The van der Waals surface area contributed by atoms with Gasteiger partial charge >= 0.3 is 0 Å². The van der Waals surface area contributed by atoms with Crippen LogP contribution < -0.4 is 4.74 Å². The first-order chi connectivity index (χ1) is 22.2. The van der Waals surface area contributed by atoms with E-state index in [1.807, 2.05) is 19.1 Å². The molecule has 0 amide bonds. The van der Waals surface area contributed by atoms with E-state index in [2.05, 4.69) is 6.08 Å². The summed E-state index contributed by atoms with van der Waals surface area (Å²) in [5.41, 5.74) is 1.04. The van der Waals surface area contributed by atoms with Crippen LogP contribution in [0.25, 0.3) is 16.7 Å². The van der Waals surface area contributed by atoms with Crippen molar-refractivity contribution in [3.63, 3.8) is 0 Å². The lowest BCUT2D eigenvalue weighted by molar-refractivity contribution is 0.189. The van der Waals surface area contributed by atoms with Gasteiger partial charge in [0.05, 0.1) is 6.61 Å². The summed E-state index contributed by atoms with van der Waals surface area (Å²) in [6, 6.07) is 8.69. The molecule has 1 unspecified atom stereocenters. The van der Waals surface area contributed by atoms with E-state index in [0.717, 1.165) is 50.5 Å². The fraction of sp³-hybridized carbons (Fsp3) is 0.436. The highest BCUT2D eigenvalue weighted by Gasteiger charge is 2.30. The molecule has 0 saturated heterocycles. The van der Waals surface area contributed by atoms with E-state index in [0.29, 0.717) is 49.0 Å². The largest absolute Gasteiger partial charge is 0.491 e. The average molecular weight is 641 g/mol. The molecule has 1 saturated carbocycles. The fourth-order valence-corrected chi connectivity index (χ4v) is 7.27. The van der Waals surface area contributed by atoms with Crippen molar-refractivity contribution in [3.8, 4) is 16.9 Å². The Morgan fingerprint density at radius 3 is 1.87 bits per heavy atom. The molecule has 0 heterocycles. The highest BCUT2D eigenvalue weighted by molar-refractivity contribution is 5.68. The Morgan fingerprint density at radius 1 is 0.674 bits per heavy atom. The van der Waals surface area contributed by atoms with E-state index >= 15 is 8.78 Å². The van der Waals surface area contributed by atoms with Crippen LogP contribution in [0.5, 0.6) is 5.75 Å². The molecule has 246 valence electrons. The number of rotatable bonds is 11. The predicted molar refractivity (Wildman–Crippen MR) is 171 cm³/mol. The van der Waals surface area contributed by atoms with E-state index in [-0.39, 0.29) is 34.6 Å². The van der Waals surface area contributed by atoms with Gasteiger partial charge in [-0.2, -0.15) is 4.39 Å². The van der Waals surface area contributed by atoms with E-state index in [1.54, 1.807) is 13.0 Å². The molecule has 0 bridgehead atoms. The molecule has 2 aliphatic carbocycles. The molecule has 0 radical (unpaired) electrons. The maximum absolute atomic E-state index is 15.1. The van der Waals surface area contributed by atoms with Crippen LogP contribution in [0.4, 0.5) is 26.3 Å². The van der Waals surface area contributed by atoms with Crippen molar-refractivity contribution in [2.75, 3.05) is 6.61 Å². The Hall–Kier alpha value is -3.48. The second-order valence-electron chi connectivity index (χ2n) is 12.7. The van der Waals surface area contributed by atoms with Crippen LogP contribution in [0.15, 0.2) is 54.6 Å². The monoisotopic (exact) mass is 640 g/mol. The first kappa shape index (κ1) is 33.9. The van der Waals surface area contributed by atoms with Crippen molar-refractivity contribution >= 4 is 5.57 Å². The van der Waals surface area contributed by atoms with Crippen LogP contribution in [-0.4, -0.2) is 6.61 Å². The molecule has 1 fully saturated rings.